The van der Waals surface area contributed by atoms with Crippen LogP contribution in [0.1, 0.15) is 22.5 Å². The molecule has 0 saturated heterocycles. The first-order valence-electron chi connectivity index (χ1n) is 7.67. The smallest absolute Gasteiger partial charge is 0.283 e. The van der Waals surface area contributed by atoms with Crippen LogP contribution in [-0.4, -0.2) is 34.9 Å². The maximum Gasteiger partial charge on any atom is 0.283 e. The Hall–Kier alpha value is -3.24. The minimum absolute atomic E-state index is 0.0165. The molecule has 1 aliphatic heterocycles. The number of aromatic nitrogens is 2. The molecule has 0 aliphatic carbocycles. The number of hydrogen-bond donors (Lipinski definition) is 2. The molecule has 7 nitrogen and oxygen atoms in total. The van der Waals surface area contributed by atoms with Crippen LogP contribution >= 0.6 is 0 Å². The van der Waals surface area contributed by atoms with Gasteiger partial charge in [-0.25, -0.2) is 28.1 Å². The van der Waals surface area contributed by atoms with Gasteiger partial charge < -0.3 is 15.8 Å². The van der Waals surface area contributed by atoms with Crippen LogP contribution in [0.25, 0.3) is 0 Å². The summed E-state index contributed by atoms with van der Waals surface area (Å²) in [6.07, 6.45) is -1.72. The number of ether oxygens (including phenoxy) is 1. The second-order valence-electron chi connectivity index (χ2n) is 5.65. The molecular formula is C16H13F4N5O2. The van der Waals surface area contributed by atoms with Crippen molar-refractivity contribution in [1.82, 2.24) is 9.97 Å². The van der Waals surface area contributed by atoms with Gasteiger partial charge in [0.2, 0.25) is 5.95 Å². The number of nitrogens with two attached hydrogens (primary N) is 1. The van der Waals surface area contributed by atoms with E-state index in [4.69, 9.17) is 10.5 Å². The van der Waals surface area contributed by atoms with E-state index in [2.05, 4.69) is 20.3 Å². The Morgan fingerprint density at radius 1 is 1.26 bits per heavy atom. The Morgan fingerprint density at radius 2 is 2.04 bits per heavy atom. The molecule has 0 saturated carbocycles. The summed E-state index contributed by atoms with van der Waals surface area (Å²) >= 11 is 0. The van der Waals surface area contributed by atoms with Crippen molar-refractivity contribution in [3.05, 3.63) is 53.6 Å². The summed E-state index contributed by atoms with van der Waals surface area (Å²) in [4.78, 5) is 22.6. The van der Waals surface area contributed by atoms with Crippen LogP contribution < -0.4 is 11.1 Å². The van der Waals surface area contributed by atoms with E-state index in [1.165, 1.54) is 6.07 Å². The molecule has 1 aliphatic rings. The summed E-state index contributed by atoms with van der Waals surface area (Å²) < 4.78 is 59.5. The fourth-order valence-electron chi connectivity index (χ4n) is 2.63. The molecule has 0 spiro atoms. The van der Waals surface area contributed by atoms with Gasteiger partial charge in [0.05, 0.1) is 19.0 Å². The zero-order valence-corrected chi connectivity index (χ0v) is 13.6. The molecule has 1 amide bonds. The van der Waals surface area contributed by atoms with E-state index in [0.29, 0.717) is 0 Å². The number of amidine groups is 1. The van der Waals surface area contributed by atoms with Crippen LogP contribution in [-0.2, 0) is 10.3 Å². The third-order valence-electron chi connectivity index (χ3n) is 3.95. The number of nitrogens with zero attached hydrogens (tertiary/aromatic N) is 3. The largest absolute Gasteiger partial charge is 0.465 e. The number of rotatable bonds is 4. The number of hydrogen-bond acceptors (Lipinski definition) is 6. The Bertz CT molecular complexity index is 891. The van der Waals surface area contributed by atoms with E-state index in [0.717, 1.165) is 24.5 Å². The molecule has 3 rings (SSSR count). The average molecular weight is 383 g/mol. The fourth-order valence-corrected chi connectivity index (χ4v) is 2.63. The second-order valence-corrected chi connectivity index (χ2v) is 5.65. The predicted octanol–water partition coefficient (Wildman–Crippen LogP) is 2.20. The van der Waals surface area contributed by atoms with Gasteiger partial charge in [-0.1, -0.05) is 0 Å². The van der Waals surface area contributed by atoms with Crippen LogP contribution in [0, 0.1) is 11.8 Å². The van der Waals surface area contributed by atoms with E-state index >= 15 is 0 Å². The van der Waals surface area contributed by atoms with Crippen molar-refractivity contribution >= 4 is 17.6 Å². The molecule has 3 N–H and O–H groups in total. The number of anilines is 1. The van der Waals surface area contributed by atoms with Crippen molar-refractivity contribution in [1.29, 1.82) is 0 Å². The van der Waals surface area contributed by atoms with E-state index in [1.807, 2.05) is 0 Å². The summed E-state index contributed by atoms with van der Waals surface area (Å²) in [5.74, 6) is -2.58. The number of amides is 1. The van der Waals surface area contributed by atoms with Gasteiger partial charge in [-0.05, 0) is 18.2 Å². The molecule has 0 fully saturated rings. The second kappa shape index (κ2) is 7.17. The molecule has 11 heteroatoms. The first-order valence-corrected chi connectivity index (χ1v) is 7.67. The zero-order chi connectivity index (χ0) is 19.6. The number of alkyl halides is 2. The van der Waals surface area contributed by atoms with E-state index < -0.39 is 41.2 Å². The van der Waals surface area contributed by atoms with Gasteiger partial charge in [0.15, 0.2) is 5.54 Å². The summed E-state index contributed by atoms with van der Waals surface area (Å²) in [6.45, 7) is -0.166. The minimum Gasteiger partial charge on any atom is -0.465 e. The maximum atomic E-state index is 14.3. The van der Waals surface area contributed by atoms with Crippen LogP contribution in [0.4, 0.5) is 23.2 Å². The number of aliphatic imine (C=N–C) groups is 1. The highest BCUT2D eigenvalue weighted by Crippen LogP contribution is 2.40. The van der Waals surface area contributed by atoms with Gasteiger partial charge in [-0.2, -0.15) is 4.39 Å². The van der Waals surface area contributed by atoms with Crippen molar-refractivity contribution in [2.75, 3.05) is 11.9 Å². The Balaban J connectivity index is 1.95. The van der Waals surface area contributed by atoms with Gasteiger partial charge in [-0.3, -0.25) is 4.79 Å². The summed E-state index contributed by atoms with van der Waals surface area (Å²) in [5, 5.41) is 2.37. The lowest BCUT2D eigenvalue weighted by Crippen LogP contribution is -2.41. The lowest BCUT2D eigenvalue weighted by Gasteiger charge is -2.33. The van der Waals surface area contributed by atoms with Crippen molar-refractivity contribution in [3.8, 4) is 0 Å². The number of carbonyl (C=O) groups is 1. The molecule has 1 aromatic carbocycles. The van der Waals surface area contributed by atoms with Crippen LogP contribution in [0.3, 0.4) is 0 Å². The topological polar surface area (TPSA) is 102 Å². The molecular weight excluding hydrogens is 370 g/mol. The lowest BCUT2D eigenvalue weighted by atomic mass is 9.86. The van der Waals surface area contributed by atoms with Gasteiger partial charge in [0.1, 0.15) is 11.5 Å². The van der Waals surface area contributed by atoms with Crippen LogP contribution in [0.2, 0.25) is 0 Å². The first kappa shape index (κ1) is 18.5. The number of benzene rings is 1. The van der Waals surface area contributed by atoms with Crippen LogP contribution in [0.15, 0.2) is 35.6 Å². The zero-order valence-electron chi connectivity index (χ0n) is 13.6. The van der Waals surface area contributed by atoms with Crippen molar-refractivity contribution in [2.45, 2.75) is 18.4 Å². The van der Waals surface area contributed by atoms with E-state index in [-0.39, 0.29) is 24.4 Å². The molecule has 0 unspecified atom stereocenters. The SMILES string of the molecule is NC1=N[C@@](c2cc(NC(=O)c3cnc(F)cn3)ccc2F)(C(F)F)CCO1. The third-order valence-corrected chi connectivity index (χ3v) is 3.95. The quantitative estimate of drug-likeness (QED) is 0.788. The molecule has 27 heavy (non-hydrogen) atoms. The van der Waals surface area contributed by atoms with Crippen molar-refractivity contribution in [3.63, 3.8) is 0 Å². The highest BCUT2D eigenvalue weighted by Gasteiger charge is 2.46. The Labute approximate surface area is 150 Å². The first-order chi connectivity index (χ1) is 12.8. The van der Waals surface area contributed by atoms with E-state index in [9.17, 15) is 22.4 Å². The highest BCUT2D eigenvalue weighted by molar-refractivity contribution is 6.02. The standard InChI is InChI=1S/C16H13F4N5O2/c17-10-2-1-8(24-13(26)11-6-23-12(18)7-22-11)5-9(10)16(14(19)20)3-4-27-15(21)25-16/h1-2,5-7,14H,3-4H2,(H2,21,25)(H,24,26)/t16-/m0/s1. The number of carbonyl (C=O) groups excluding carboxylic acids is 1. The van der Waals surface area contributed by atoms with Gasteiger partial charge in [-0.15, -0.1) is 0 Å². The molecule has 1 atom stereocenters. The lowest BCUT2D eigenvalue weighted by molar-refractivity contribution is 0.0247. The third kappa shape index (κ3) is 3.66. The van der Waals surface area contributed by atoms with Crippen LogP contribution in [0.5, 0.6) is 0 Å². The monoisotopic (exact) mass is 383 g/mol. The summed E-state index contributed by atoms with van der Waals surface area (Å²) in [5.41, 5.74) is 2.53. The number of halogens is 4. The van der Waals surface area contributed by atoms with Gasteiger partial charge >= 0.3 is 0 Å². The molecule has 0 radical (unpaired) electrons. The van der Waals surface area contributed by atoms with E-state index in [1.54, 1.807) is 0 Å². The molecule has 142 valence electrons. The van der Waals surface area contributed by atoms with Crippen molar-refractivity contribution in [2.24, 2.45) is 10.7 Å². The number of nitrogens with one attached hydrogen (secondary N) is 1. The Kier molecular flexibility index (Phi) is 4.93. The minimum atomic E-state index is -3.07. The predicted molar refractivity (Wildman–Crippen MR) is 86.2 cm³/mol. The molecule has 2 aromatic rings. The average Bonchev–Trinajstić information content (AvgIpc) is 2.63. The highest BCUT2D eigenvalue weighted by atomic mass is 19.3. The maximum absolute atomic E-state index is 14.3. The summed E-state index contributed by atoms with van der Waals surface area (Å²) in [6, 6.07) is 2.67. The molecule has 1 aromatic heterocycles. The van der Waals surface area contributed by atoms with Gasteiger partial charge in [0.25, 0.3) is 18.4 Å². The fraction of sp³-hybridized carbons (Fsp3) is 0.250. The molecule has 0 bridgehead atoms. The van der Waals surface area contributed by atoms with Gasteiger partial charge in [0, 0.05) is 17.7 Å². The van der Waals surface area contributed by atoms with Crippen molar-refractivity contribution < 1.29 is 27.1 Å². The Morgan fingerprint density at radius 3 is 2.67 bits per heavy atom. The summed E-state index contributed by atoms with van der Waals surface area (Å²) in [7, 11) is 0. The molecule has 2 heterocycles. The normalized spacial score (nSPS) is 19.4.